The molecule has 15 heavy (non-hydrogen) atoms. The largest absolute Gasteiger partial charge is 0.376 e. The van der Waals surface area contributed by atoms with Crippen LogP contribution in [-0.4, -0.2) is 23.5 Å². The number of rotatable bonds is 4. The van der Waals surface area contributed by atoms with Gasteiger partial charge in [0.25, 0.3) is 0 Å². The van der Waals surface area contributed by atoms with Crippen molar-refractivity contribution in [3.05, 3.63) is 24.0 Å². The third kappa shape index (κ3) is 2.94. The van der Waals surface area contributed by atoms with Crippen LogP contribution >= 0.6 is 0 Å². The Kier molecular flexibility index (Phi) is 2.85. The van der Waals surface area contributed by atoms with Gasteiger partial charge in [0, 0.05) is 24.1 Å². The number of nitrogens with one attached hydrogen (secondary N) is 2. The molecule has 0 radical (unpaired) electrons. The Morgan fingerprint density at radius 1 is 1.60 bits per heavy atom. The Morgan fingerprint density at radius 2 is 2.40 bits per heavy atom. The van der Waals surface area contributed by atoms with Crippen LogP contribution in [0.4, 0.5) is 5.69 Å². The molecule has 0 atom stereocenters. The molecule has 1 aliphatic carbocycles. The average Bonchev–Trinajstić information content (AvgIpc) is 3.00. The zero-order valence-electron chi connectivity index (χ0n) is 8.79. The fourth-order valence-corrected chi connectivity index (χ4v) is 1.35. The molecule has 4 nitrogen and oxygen atoms in total. The predicted molar refractivity (Wildman–Crippen MR) is 58.6 cm³/mol. The molecule has 0 aliphatic heterocycles. The molecule has 1 heterocycles. The summed E-state index contributed by atoms with van der Waals surface area (Å²) in [6.07, 6.45) is 5.75. The summed E-state index contributed by atoms with van der Waals surface area (Å²) in [5.74, 6) is 0.0636. The lowest BCUT2D eigenvalue weighted by atomic mass is 10.2. The van der Waals surface area contributed by atoms with Gasteiger partial charge in [0.05, 0.1) is 6.54 Å². The van der Waals surface area contributed by atoms with E-state index in [0.717, 1.165) is 24.1 Å². The van der Waals surface area contributed by atoms with Crippen molar-refractivity contribution in [2.24, 2.45) is 0 Å². The van der Waals surface area contributed by atoms with Crippen LogP contribution in [-0.2, 0) is 4.79 Å². The second-order valence-electron chi connectivity index (χ2n) is 3.89. The highest BCUT2D eigenvalue weighted by Gasteiger charge is 2.22. The van der Waals surface area contributed by atoms with Gasteiger partial charge in [0.2, 0.25) is 5.91 Å². The molecule has 0 spiro atoms. The third-order valence-corrected chi connectivity index (χ3v) is 2.40. The fourth-order valence-electron chi connectivity index (χ4n) is 1.35. The first kappa shape index (κ1) is 9.96. The van der Waals surface area contributed by atoms with Crippen LogP contribution in [0.5, 0.6) is 0 Å². The molecule has 0 saturated heterocycles. The van der Waals surface area contributed by atoms with E-state index in [-0.39, 0.29) is 5.91 Å². The van der Waals surface area contributed by atoms with Crippen molar-refractivity contribution >= 4 is 11.6 Å². The van der Waals surface area contributed by atoms with Gasteiger partial charge in [-0.15, -0.1) is 0 Å². The molecule has 1 aromatic heterocycles. The SMILES string of the molecule is Cc1cnccc1NCC(=O)NC1CC1. The summed E-state index contributed by atoms with van der Waals surface area (Å²) in [6, 6.07) is 2.30. The van der Waals surface area contributed by atoms with E-state index < -0.39 is 0 Å². The summed E-state index contributed by atoms with van der Waals surface area (Å²) < 4.78 is 0. The van der Waals surface area contributed by atoms with Gasteiger partial charge in [-0.1, -0.05) is 0 Å². The molecule has 2 rings (SSSR count). The molecular weight excluding hydrogens is 190 g/mol. The maximum atomic E-state index is 11.4. The van der Waals surface area contributed by atoms with Gasteiger partial charge in [-0.3, -0.25) is 9.78 Å². The topological polar surface area (TPSA) is 54.0 Å². The summed E-state index contributed by atoms with van der Waals surface area (Å²) in [4.78, 5) is 15.4. The molecule has 0 bridgehead atoms. The normalized spacial score (nSPS) is 14.7. The van der Waals surface area contributed by atoms with Crippen LogP contribution < -0.4 is 10.6 Å². The Hall–Kier alpha value is -1.58. The molecule has 1 fully saturated rings. The van der Waals surface area contributed by atoms with E-state index in [2.05, 4.69) is 15.6 Å². The summed E-state index contributed by atoms with van der Waals surface area (Å²) >= 11 is 0. The van der Waals surface area contributed by atoms with E-state index in [0.29, 0.717) is 12.6 Å². The number of carbonyl (C=O) groups is 1. The van der Waals surface area contributed by atoms with Crippen molar-refractivity contribution in [2.75, 3.05) is 11.9 Å². The van der Waals surface area contributed by atoms with Gasteiger partial charge in [-0.2, -0.15) is 0 Å². The van der Waals surface area contributed by atoms with Crippen molar-refractivity contribution < 1.29 is 4.79 Å². The van der Waals surface area contributed by atoms with Gasteiger partial charge in [-0.05, 0) is 31.4 Å². The number of nitrogens with zero attached hydrogens (tertiary/aromatic N) is 1. The molecule has 2 N–H and O–H groups in total. The number of pyridine rings is 1. The van der Waals surface area contributed by atoms with Crippen molar-refractivity contribution in [2.45, 2.75) is 25.8 Å². The minimum atomic E-state index is 0.0636. The number of hydrogen-bond acceptors (Lipinski definition) is 3. The first-order valence-corrected chi connectivity index (χ1v) is 5.19. The van der Waals surface area contributed by atoms with E-state index in [1.165, 1.54) is 0 Å². The van der Waals surface area contributed by atoms with Crippen LogP contribution in [0.25, 0.3) is 0 Å². The Bertz CT molecular complexity index is 361. The molecule has 1 saturated carbocycles. The Labute approximate surface area is 89.1 Å². The molecule has 1 aliphatic rings. The quantitative estimate of drug-likeness (QED) is 0.773. The molecular formula is C11H15N3O. The Balaban J connectivity index is 1.81. The number of anilines is 1. The lowest BCUT2D eigenvalue weighted by molar-refractivity contribution is -0.119. The van der Waals surface area contributed by atoms with Crippen LogP contribution in [0.1, 0.15) is 18.4 Å². The highest BCUT2D eigenvalue weighted by atomic mass is 16.2. The standard InChI is InChI=1S/C11H15N3O/c1-8-6-12-5-4-10(8)13-7-11(15)14-9-2-3-9/h4-6,9H,2-3,7H2,1H3,(H,12,13)(H,14,15). The number of aryl methyl sites for hydroxylation is 1. The minimum Gasteiger partial charge on any atom is -0.376 e. The van der Waals surface area contributed by atoms with Crippen molar-refractivity contribution in [1.82, 2.24) is 10.3 Å². The van der Waals surface area contributed by atoms with Gasteiger partial charge in [0.15, 0.2) is 0 Å². The number of amides is 1. The second-order valence-corrected chi connectivity index (χ2v) is 3.89. The molecule has 0 unspecified atom stereocenters. The van der Waals surface area contributed by atoms with Gasteiger partial charge in [-0.25, -0.2) is 0 Å². The van der Waals surface area contributed by atoms with Crippen LogP contribution in [0.2, 0.25) is 0 Å². The smallest absolute Gasteiger partial charge is 0.239 e. The van der Waals surface area contributed by atoms with Crippen LogP contribution in [0.3, 0.4) is 0 Å². The second kappa shape index (κ2) is 4.29. The maximum Gasteiger partial charge on any atom is 0.239 e. The molecule has 0 aromatic carbocycles. The molecule has 1 amide bonds. The first-order valence-electron chi connectivity index (χ1n) is 5.19. The van der Waals surface area contributed by atoms with Gasteiger partial charge >= 0.3 is 0 Å². The third-order valence-electron chi connectivity index (χ3n) is 2.40. The van der Waals surface area contributed by atoms with E-state index >= 15 is 0 Å². The van der Waals surface area contributed by atoms with Crippen molar-refractivity contribution in [1.29, 1.82) is 0 Å². The van der Waals surface area contributed by atoms with Crippen molar-refractivity contribution in [3.8, 4) is 0 Å². The molecule has 80 valence electrons. The van der Waals surface area contributed by atoms with Crippen LogP contribution in [0, 0.1) is 6.92 Å². The summed E-state index contributed by atoms with van der Waals surface area (Å²) in [5.41, 5.74) is 2.02. The summed E-state index contributed by atoms with van der Waals surface area (Å²) in [7, 11) is 0. The summed E-state index contributed by atoms with van der Waals surface area (Å²) in [5, 5.41) is 6.02. The highest BCUT2D eigenvalue weighted by Crippen LogP contribution is 2.18. The fraction of sp³-hybridized carbons (Fsp3) is 0.455. The minimum absolute atomic E-state index is 0.0636. The maximum absolute atomic E-state index is 11.4. The lowest BCUT2D eigenvalue weighted by Crippen LogP contribution is -2.31. The number of aromatic nitrogens is 1. The molecule has 4 heteroatoms. The summed E-state index contributed by atoms with van der Waals surface area (Å²) in [6.45, 7) is 2.30. The number of hydrogen-bond donors (Lipinski definition) is 2. The van der Waals surface area contributed by atoms with E-state index in [4.69, 9.17) is 0 Å². The van der Waals surface area contributed by atoms with Crippen molar-refractivity contribution in [3.63, 3.8) is 0 Å². The monoisotopic (exact) mass is 205 g/mol. The zero-order chi connectivity index (χ0) is 10.7. The van der Waals surface area contributed by atoms with Crippen LogP contribution in [0.15, 0.2) is 18.5 Å². The Morgan fingerprint density at radius 3 is 3.07 bits per heavy atom. The number of carbonyl (C=O) groups excluding carboxylic acids is 1. The van der Waals surface area contributed by atoms with E-state index in [1.807, 2.05) is 13.0 Å². The van der Waals surface area contributed by atoms with Gasteiger partial charge < -0.3 is 10.6 Å². The lowest BCUT2D eigenvalue weighted by Gasteiger charge is -2.08. The highest BCUT2D eigenvalue weighted by molar-refractivity contribution is 5.81. The van der Waals surface area contributed by atoms with E-state index in [1.54, 1.807) is 12.4 Å². The zero-order valence-corrected chi connectivity index (χ0v) is 8.79. The van der Waals surface area contributed by atoms with E-state index in [9.17, 15) is 4.79 Å². The van der Waals surface area contributed by atoms with Gasteiger partial charge in [0.1, 0.15) is 0 Å². The predicted octanol–water partition coefficient (Wildman–Crippen LogP) is 1.08. The average molecular weight is 205 g/mol. The first-order chi connectivity index (χ1) is 7.25. The molecule has 1 aromatic rings.